The van der Waals surface area contributed by atoms with E-state index in [9.17, 15) is 18.7 Å². The highest BCUT2D eigenvalue weighted by Crippen LogP contribution is 2.42. The quantitative estimate of drug-likeness (QED) is 0.789. The Balaban J connectivity index is 2.15. The maximum Gasteiger partial charge on any atom is 0.325 e. The molecule has 104 valence electrons. The van der Waals surface area contributed by atoms with Crippen molar-refractivity contribution in [2.24, 2.45) is 5.92 Å². The van der Waals surface area contributed by atoms with Crippen LogP contribution < -0.4 is 5.32 Å². The first kappa shape index (κ1) is 14.3. The molecular formula is C13H15F2NO2S. The van der Waals surface area contributed by atoms with Crippen molar-refractivity contribution in [2.45, 2.75) is 23.3 Å². The zero-order valence-electron chi connectivity index (χ0n) is 10.5. The van der Waals surface area contributed by atoms with Gasteiger partial charge in [0.05, 0.1) is 0 Å². The molecule has 19 heavy (non-hydrogen) atoms. The van der Waals surface area contributed by atoms with Crippen molar-refractivity contribution in [3.63, 3.8) is 0 Å². The minimum Gasteiger partial charge on any atom is -0.480 e. The van der Waals surface area contributed by atoms with Gasteiger partial charge in [0.1, 0.15) is 17.2 Å². The zero-order valence-corrected chi connectivity index (χ0v) is 11.3. The summed E-state index contributed by atoms with van der Waals surface area (Å²) < 4.78 is 26.6. The lowest BCUT2D eigenvalue weighted by Gasteiger charge is -2.28. The zero-order chi connectivity index (χ0) is 14.0. The van der Waals surface area contributed by atoms with Crippen molar-refractivity contribution < 1.29 is 18.7 Å². The van der Waals surface area contributed by atoms with Crippen molar-refractivity contribution in [3.8, 4) is 0 Å². The molecule has 1 fully saturated rings. The molecule has 1 aliphatic carbocycles. The summed E-state index contributed by atoms with van der Waals surface area (Å²) in [7, 11) is 1.59. The SMILES string of the molecule is CNC(CSc1cc(F)ccc1F)(C(=O)O)C1CC1. The fraction of sp³-hybridized carbons (Fsp3) is 0.462. The number of likely N-dealkylation sites (N-methyl/N-ethyl adjacent to an activating group) is 1. The van der Waals surface area contributed by atoms with E-state index in [1.165, 1.54) is 0 Å². The van der Waals surface area contributed by atoms with E-state index < -0.39 is 23.1 Å². The van der Waals surface area contributed by atoms with Gasteiger partial charge in [-0.3, -0.25) is 4.79 Å². The molecule has 1 saturated carbocycles. The van der Waals surface area contributed by atoms with E-state index in [1.54, 1.807) is 7.05 Å². The van der Waals surface area contributed by atoms with Crippen LogP contribution in [0, 0.1) is 17.6 Å². The minimum absolute atomic E-state index is 0.0547. The monoisotopic (exact) mass is 287 g/mol. The number of carbonyl (C=O) groups is 1. The lowest BCUT2D eigenvalue weighted by Crippen LogP contribution is -2.54. The number of halogens is 2. The minimum atomic E-state index is -1.07. The lowest BCUT2D eigenvalue weighted by molar-refractivity contribution is -0.144. The van der Waals surface area contributed by atoms with E-state index in [0.717, 1.165) is 42.8 Å². The number of hydrogen-bond acceptors (Lipinski definition) is 3. The smallest absolute Gasteiger partial charge is 0.325 e. The lowest BCUT2D eigenvalue weighted by atomic mass is 9.96. The van der Waals surface area contributed by atoms with Crippen molar-refractivity contribution >= 4 is 17.7 Å². The van der Waals surface area contributed by atoms with Crippen molar-refractivity contribution in [1.82, 2.24) is 5.32 Å². The van der Waals surface area contributed by atoms with E-state index in [2.05, 4.69) is 5.32 Å². The molecule has 6 heteroatoms. The number of benzene rings is 1. The Kier molecular flexibility index (Phi) is 4.10. The summed E-state index contributed by atoms with van der Waals surface area (Å²) in [6, 6.07) is 3.19. The van der Waals surface area contributed by atoms with E-state index in [1.807, 2.05) is 0 Å². The molecule has 2 N–H and O–H groups in total. The molecule has 1 unspecified atom stereocenters. The maximum atomic E-state index is 13.5. The van der Waals surface area contributed by atoms with E-state index in [4.69, 9.17) is 0 Å². The van der Waals surface area contributed by atoms with Gasteiger partial charge in [-0.1, -0.05) is 0 Å². The molecule has 2 rings (SSSR count). The van der Waals surface area contributed by atoms with Gasteiger partial charge in [-0.15, -0.1) is 11.8 Å². The van der Waals surface area contributed by atoms with E-state index in [-0.39, 0.29) is 16.6 Å². The summed E-state index contributed by atoms with van der Waals surface area (Å²) in [5, 5.41) is 12.2. The van der Waals surface area contributed by atoms with Gasteiger partial charge in [-0.2, -0.15) is 0 Å². The molecule has 0 saturated heterocycles. The molecule has 0 aliphatic heterocycles. The van der Waals surface area contributed by atoms with Crippen LogP contribution in [-0.2, 0) is 4.79 Å². The Morgan fingerprint density at radius 2 is 2.21 bits per heavy atom. The Labute approximate surface area is 114 Å². The van der Waals surface area contributed by atoms with Gasteiger partial charge in [0.2, 0.25) is 0 Å². The molecule has 0 aromatic heterocycles. The molecule has 0 heterocycles. The van der Waals surface area contributed by atoms with Crippen LogP contribution in [0.3, 0.4) is 0 Å². The van der Waals surface area contributed by atoms with E-state index >= 15 is 0 Å². The van der Waals surface area contributed by atoms with Crippen LogP contribution in [0.5, 0.6) is 0 Å². The van der Waals surface area contributed by atoms with Crippen LogP contribution in [0.1, 0.15) is 12.8 Å². The maximum absolute atomic E-state index is 13.5. The largest absolute Gasteiger partial charge is 0.480 e. The summed E-state index contributed by atoms with van der Waals surface area (Å²) in [6.45, 7) is 0. The molecule has 0 bridgehead atoms. The topological polar surface area (TPSA) is 49.3 Å². The fourth-order valence-corrected chi connectivity index (χ4v) is 3.38. The number of aliphatic carboxylic acids is 1. The fourth-order valence-electron chi connectivity index (χ4n) is 2.09. The average Bonchev–Trinajstić information content (AvgIpc) is 3.19. The van der Waals surface area contributed by atoms with Crippen LogP contribution in [0.4, 0.5) is 8.78 Å². The molecule has 1 aromatic carbocycles. The summed E-state index contributed by atoms with van der Waals surface area (Å²) in [5.74, 6) is -1.77. The third kappa shape index (κ3) is 2.90. The summed E-state index contributed by atoms with van der Waals surface area (Å²) in [4.78, 5) is 11.6. The summed E-state index contributed by atoms with van der Waals surface area (Å²) in [5.41, 5.74) is -1.07. The van der Waals surface area contributed by atoms with E-state index in [0.29, 0.717) is 0 Å². The number of hydrogen-bond donors (Lipinski definition) is 2. The summed E-state index contributed by atoms with van der Waals surface area (Å²) >= 11 is 1.03. The van der Waals surface area contributed by atoms with Gasteiger partial charge in [0.15, 0.2) is 0 Å². The van der Waals surface area contributed by atoms with Crippen LogP contribution >= 0.6 is 11.8 Å². The van der Waals surface area contributed by atoms with Crippen LogP contribution in [0.2, 0.25) is 0 Å². The van der Waals surface area contributed by atoms with Gasteiger partial charge < -0.3 is 10.4 Å². The molecule has 1 aliphatic rings. The molecule has 0 spiro atoms. The second-order valence-electron chi connectivity index (χ2n) is 4.66. The van der Waals surface area contributed by atoms with Crippen LogP contribution in [0.25, 0.3) is 0 Å². The molecule has 0 amide bonds. The van der Waals surface area contributed by atoms with Crippen LogP contribution in [0.15, 0.2) is 23.1 Å². The predicted octanol–water partition coefficient (Wildman–Crippen LogP) is 2.51. The highest BCUT2D eigenvalue weighted by Gasteiger charge is 2.50. The first-order chi connectivity index (χ1) is 8.99. The highest BCUT2D eigenvalue weighted by atomic mass is 32.2. The van der Waals surface area contributed by atoms with Gasteiger partial charge in [-0.25, -0.2) is 8.78 Å². The second kappa shape index (κ2) is 5.46. The Hall–Kier alpha value is -1.14. The van der Waals surface area contributed by atoms with Crippen molar-refractivity contribution in [1.29, 1.82) is 0 Å². The second-order valence-corrected chi connectivity index (χ2v) is 5.68. The van der Waals surface area contributed by atoms with Gasteiger partial charge in [0.25, 0.3) is 0 Å². The number of nitrogens with one attached hydrogen (secondary N) is 1. The Bertz CT molecular complexity index is 494. The van der Waals surface area contributed by atoms with Crippen LogP contribution in [-0.4, -0.2) is 29.4 Å². The van der Waals surface area contributed by atoms with Gasteiger partial charge in [-0.05, 0) is 44.0 Å². The molecular weight excluding hydrogens is 272 g/mol. The normalized spacial score (nSPS) is 18.1. The molecule has 1 aromatic rings. The first-order valence-corrected chi connectivity index (χ1v) is 6.98. The number of carboxylic acids is 1. The molecule has 0 radical (unpaired) electrons. The average molecular weight is 287 g/mol. The van der Waals surface area contributed by atoms with Crippen molar-refractivity contribution in [3.05, 3.63) is 29.8 Å². The van der Waals surface area contributed by atoms with Crippen molar-refractivity contribution in [2.75, 3.05) is 12.8 Å². The number of rotatable bonds is 6. The number of thioether (sulfide) groups is 1. The molecule has 3 nitrogen and oxygen atoms in total. The Morgan fingerprint density at radius 3 is 2.74 bits per heavy atom. The highest BCUT2D eigenvalue weighted by molar-refractivity contribution is 7.99. The standard InChI is InChI=1S/C13H15F2NO2S/c1-16-13(12(17)18,8-2-3-8)7-19-11-6-9(14)4-5-10(11)15/h4-6,8,16H,2-3,7H2,1H3,(H,17,18). The predicted molar refractivity (Wildman–Crippen MR) is 69.2 cm³/mol. The Morgan fingerprint density at radius 1 is 1.53 bits per heavy atom. The third-order valence-electron chi connectivity index (χ3n) is 3.45. The summed E-state index contributed by atoms with van der Waals surface area (Å²) in [6.07, 6.45) is 1.69. The van der Waals surface area contributed by atoms with Gasteiger partial charge >= 0.3 is 5.97 Å². The molecule has 1 atom stereocenters. The first-order valence-electron chi connectivity index (χ1n) is 6.00. The number of carboxylic acid groups (broad SMARTS) is 1. The van der Waals surface area contributed by atoms with Gasteiger partial charge in [0, 0.05) is 10.6 Å². The third-order valence-corrected chi connectivity index (χ3v) is 4.67.